The number of H-pyrrole nitrogens is 2. The monoisotopic (exact) mass is 640 g/mol. The van der Waals surface area contributed by atoms with Crippen LogP contribution >= 0.6 is 0 Å². The Bertz CT molecular complexity index is 1880. The maximum atomic E-state index is 13.6. The van der Waals surface area contributed by atoms with Crippen molar-refractivity contribution in [3.63, 3.8) is 0 Å². The second-order valence-electron chi connectivity index (χ2n) is 11.3. The topological polar surface area (TPSA) is 223 Å². The molecule has 244 valence electrons. The first-order valence-corrected chi connectivity index (χ1v) is 15.0. The number of nitrogens with two attached hydrogens (primary N) is 1. The van der Waals surface area contributed by atoms with Crippen molar-refractivity contribution in [3.05, 3.63) is 102 Å². The fraction of sp³-hybridized carbons (Fsp3) is 0.235. The molecule has 0 aliphatic rings. The Kier molecular flexibility index (Phi) is 10.2. The average Bonchev–Trinajstić information content (AvgIpc) is 3.67. The van der Waals surface area contributed by atoms with Gasteiger partial charge in [0.15, 0.2) is 0 Å². The number of carboxylic acids is 1. The van der Waals surface area contributed by atoms with E-state index >= 15 is 0 Å². The number of aliphatic hydroxyl groups is 1. The number of carbonyl (C=O) groups excluding carboxylic acids is 3. The van der Waals surface area contributed by atoms with Crippen LogP contribution in [0.25, 0.3) is 21.8 Å². The summed E-state index contributed by atoms with van der Waals surface area (Å²) in [5.41, 5.74) is 9.88. The zero-order valence-electron chi connectivity index (χ0n) is 25.3. The van der Waals surface area contributed by atoms with Crippen LogP contribution in [-0.4, -0.2) is 79.8 Å². The number of carbonyl (C=O) groups is 4. The number of rotatable bonds is 14. The van der Waals surface area contributed by atoms with Crippen molar-refractivity contribution in [3.8, 4) is 5.75 Å². The van der Waals surface area contributed by atoms with E-state index in [0.717, 1.165) is 21.8 Å². The van der Waals surface area contributed by atoms with Gasteiger partial charge in [-0.25, -0.2) is 4.79 Å². The number of phenols is 1. The van der Waals surface area contributed by atoms with Crippen LogP contribution in [0.3, 0.4) is 0 Å². The van der Waals surface area contributed by atoms with Gasteiger partial charge >= 0.3 is 5.97 Å². The molecule has 0 saturated carbocycles. The van der Waals surface area contributed by atoms with E-state index in [1.807, 2.05) is 48.5 Å². The van der Waals surface area contributed by atoms with E-state index in [1.54, 1.807) is 24.5 Å². The highest BCUT2D eigenvalue weighted by molar-refractivity contribution is 5.95. The molecular formula is C34H36N6O7. The van der Waals surface area contributed by atoms with Crippen LogP contribution in [0, 0.1) is 0 Å². The lowest BCUT2D eigenvalue weighted by molar-refractivity contribution is -0.142. The Morgan fingerprint density at radius 1 is 0.660 bits per heavy atom. The van der Waals surface area contributed by atoms with Crippen molar-refractivity contribution >= 4 is 45.5 Å². The van der Waals surface area contributed by atoms with Gasteiger partial charge in [-0.3, -0.25) is 14.4 Å². The predicted molar refractivity (Wildman–Crippen MR) is 174 cm³/mol. The SMILES string of the molecule is NC(Cc1ccc(O)cc1)C(=O)NC(Cc1c[nH]c2ccccc12)C(=O)NC(CO)C(=O)NC(Cc1c[nH]c2ccccc12)C(=O)O. The van der Waals surface area contributed by atoms with Crippen LogP contribution in [-0.2, 0) is 38.4 Å². The predicted octanol–water partition coefficient (Wildman–Crippen LogP) is 1.24. The van der Waals surface area contributed by atoms with Gasteiger partial charge in [-0.05, 0) is 47.4 Å². The number of para-hydroxylation sites is 2. The molecule has 0 saturated heterocycles. The van der Waals surface area contributed by atoms with Crippen LogP contribution in [0.15, 0.2) is 85.2 Å². The molecule has 0 bridgehead atoms. The molecule has 0 fully saturated rings. The van der Waals surface area contributed by atoms with E-state index < -0.39 is 54.5 Å². The summed E-state index contributed by atoms with van der Waals surface area (Å²) >= 11 is 0. The second-order valence-corrected chi connectivity index (χ2v) is 11.3. The molecule has 5 aromatic rings. The number of aliphatic hydroxyl groups excluding tert-OH is 1. The summed E-state index contributed by atoms with van der Waals surface area (Å²) in [6, 6.07) is 15.8. The average molecular weight is 641 g/mol. The third-order valence-electron chi connectivity index (χ3n) is 7.99. The number of carboxylic acid groups (broad SMARTS) is 1. The van der Waals surface area contributed by atoms with Crippen molar-refractivity contribution in [1.82, 2.24) is 25.9 Å². The minimum Gasteiger partial charge on any atom is -0.508 e. The molecule has 0 radical (unpaired) electrons. The minimum absolute atomic E-state index is 0.0194. The first-order chi connectivity index (χ1) is 22.6. The number of aliphatic carboxylic acids is 1. The summed E-state index contributed by atoms with van der Waals surface area (Å²) in [5, 5.41) is 38.7. The van der Waals surface area contributed by atoms with E-state index in [9.17, 15) is 34.5 Å². The van der Waals surface area contributed by atoms with Gasteiger partial charge < -0.3 is 47.0 Å². The third-order valence-corrected chi connectivity index (χ3v) is 7.99. The first kappa shape index (κ1) is 32.7. The molecule has 4 atom stereocenters. The summed E-state index contributed by atoms with van der Waals surface area (Å²) < 4.78 is 0. The van der Waals surface area contributed by atoms with Crippen LogP contribution in [0.2, 0.25) is 0 Å². The molecule has 47 heavy (non-hydrogen) atoms. The number of phenolic OH excluding ortho intramolecular Hbond substituents is 1. The van der Waals surface area contributed by atoms with E-state index in [-0.39, 0.29) is 25.0 Å². The molecule has 2 heterocycles. The molecule has 3 amide bonds. The molecule has 0 aliphatic carbocycles. The number of aromatic amines is 2. The van der Waals surface area contributed by atoms with Crippen molar-refractivity contribution < 1.29 is 34.5 Å². The summed E-state index contributed by atoms with van der Waals surface area (Å²) in [4.78, 5) is 58.3. The van der Waals surface area contributed by atoms with E-state index in [4.69, 9.17) is 5.73 Å². The summed E-state index contributed by atoms with van der Waals surface area (Å²) in [5.74, 6) is -3.55. The molecule has 13 heteroatoms. The van der Waals surface area contributed by atoms with Crippen LogP contribution in [0.5, 0.6) is 5.75 Å². The Labute approximate surface area is 269 Å². The zero-order valence-corrected chi connectivity index (χ0v) is 25.3. The molecule has 4 unspecified atom stereocenters. The molecule has 2 aromatic heterocycles. The van der Waals surface area contributed by atoms with Gasteiger partial charge in [0.2, 0.25) is 17.7 Å². The molecule has 0 spiro atoms. The van der Waals surface area contributed by atoms with Gasteiger partial charge in [-0.2, -0.15) is 0 Å². The fourth-order valence-corrected chi connectivity index (χ4v) is 5.45. The fourth-order valence-electron chi connectivity index (χ4n) is 5.45. The second kappa shape index (κ2) is 14.6. The van der Waals surface area contributed by atoms with E-state index in [0.29, 0.717) is 16.7 Å². The lowest BCUT2D eigenvalue weighted by atomic mass is 10.0. The van der Waals surface area contributed by atoms with Crippen molar-refractivity contribution in [2.45, 2.75) is 43.4 Å². The molecule has 5 rings (SSSR count). The molecule has 10 N–H and O–H groups in total. The zero-order chi connectivity index (χ0) is 33.5. The van der Waals surface area contributed by atoms with Crippen molar-refractivity contribution in [2.24, 2.45) is 5.73 Å². The summed E-state index contributed by atoms with van der Waals surface area (Å²) in [7, 11) is 0. The lowest BCUT2D eigenvalue weighted by Crippen LogP contribution is -2.58. The van der Waals surface area contributed by atoms with E-state index in [2.05, 4.69) is 25.9 Å². The molecule has 13 nitrogen and oxygen atoms in total. The maximum absolute atomic E-state index is 13.6. The van der Waals surface area contributed by atoms with Crippen LogP contribution in [0.1, 0.15) is 16.7 Å². The van der Waals surface area contributed by atoms with Gasteiger partial charge in [0, 0.05) is 47.0 Å². The molecule has 0 aliphatic heterocycles. The van der Waals surface area contributed by atoms with E-state index in [1.165, 1.54) is 12.1 Å². The smallest absolute Gasteiger partial charge is 0.326 e. The highest BCUT2D eigenvalue weighted by Crippen LogP contribution is 2.21. The number of fused-ring (bicyclic) bond motifs is 2. The number of hydrogen-bond acceptors (Lipinski definition) is 7. The van der Waals surface area contributed by atoms with Gasteiger partial charge in [0.25, 0.3) is 0 Å². The van der Waals surface area contributed by atoms with Gasteiger partial charge in [-0.1, -0.05) is 48.5 Å². The highest BCUT2D eigenvalue weighted by Gasteiger charge is 2.31. The Morgan fingerprint density at radius 2 is 1.15 bits per heavy atom. The number of amides is 3. The minimum atomic E-state index is -1.51. The number of hydrogen-bond donors (Lipinski definition) is 9. The van der Waals surface area contributed by atoms with Gasteiger partial charge in [-0.15, -0.1) is 0 Å². The Morgan fingerprint density at radius 3 is 1.70 bits per heavy atom. The third kappa shape index (κ3) is 7.95. The number of nitrogens with one attached hydrogen (secondary N) is 5. The lowest BCUT2D eigenvalue weighted by Gasteiger charge is -2.24. The van der Waals surface area contributed by atoms with Gasteiger partial charge in [0.1, 0.15) is 23.9 Å². The largest absolute Gasteiger partial charge is 0.508 e. The Balaban J connectivity index is 1.30. The van der Waals surface area contributed by atoms with Crippen LogP contribution < -0.4 is 21.7 Å². The number of aromatic nitrogens is 2. The van der Waals surface area contributed by atoms with Gasteiger partial charge in [0.05, 0.1) is 12.6 Å². The number of aromatic hydroxyl groups is 1. The summed E-state index contributed by atoms with van der Waals surface area (Å²) in [6.45, 7) is -0.828. The standard InChI is InChI=1S/C34H36N6O7/c35-25(13-19-9-11-22(42)12-10-19)31(43)38-28(14-20-16-36-26-7-3-1-5-23(20)26)32(44)40-30(18-41)33(45)39-29(34(46)47)15-21-17-37-27-8-4-2-6-24(21)27/h1-12,16-17,25,28-30,36-37,41-42H,13-15,18,35H2,(H,38,43)(H,39,45)(H,40,44)(H,46,47). The number of benzene rings is 3. The normalized spacial score (nSPS) is 13.8. The molecular weight excluding hydrogens is 604 g/mol. The quantitative estimate of drug-likeness (QED) is 0.0857. The molecule has 3 aromatic carbocycles. The van der Waals surface area contributed by atoms with Crippen molar-refractivity contribution in [2.75, 3.05) is 6.61 Å². The first-order valence-electron chi connectivity index (χ1n) is 15.0. The van der Waals surface area contributed by atoms with Crippen LogP contribution in [0.4, 0.5) is 0 Å². The maximum Gasteiger partial charge on any atom is 0.326 e. The highest BCUT2D eigenvalue weighted by atomic mass is 16.4. The Hall–Kier alpha value is -5.66. The summed E-state index contributed by atoms with van der Waals surface area (Å²) in [6.07, 6.45) is 3.48. The van der Waals surface area contributed by atoms with Crippen molar-refractivity contribution in [1.29, 1.82) is 0 Å².